The monoisotopic (exact) mass is 427 g/mol. The third-order valence-electron chi connectivity index (χ3n) is 6.13. The Bertz CT molecular complexity index is 842. The van der Waals surface area contributed by atoms with Gasteiger partial charge in [0.05, 0.1) is 0 Å². The summed E-state index contributed by atoms with van der Waals surface area (Å²) in [5.41, 5.74) is 1.57. The normalized spacial score (nSPS) is 18.2. The minimum atomic E-state index is -0.243. The second-order valence-corrected chi connectivity index (χ2v) is 9.06. The van der Waals surface area contributed by atoms with Crippen LogP contribution in [-0.2, 0) is 6.42 Å². The van der Waals surface area contributed by atoms with E-state index < -0.39 is 0 Å². The molecule has 0 unspecified atom stereocenters. The zero-order chi connectivity index (χ0) is 20.8. The first kappa shape index (κ1) is 20.8. The van der Waals surface area contributed by atoms with E-state index in [2.05, 4.69) is 44.5 Å². The molecule has 1 aromatic carbocycles. The van der Waals surface area contributed by atoms with Gasteiger partial charge < -0.3 is 10.2 Å². The number of likely N-dealkylation sites (tertiary alicyclic amines) is 1. The van der Waals surface area contributed by atoms with E-state index in [4.69, 9.17) is 0 Å². The molecule has 1 saturated heterocycles. The lowest BCUT2D eigenvalue weighted by atomic mass is 9.90. The molecular weight excluding hydrogens is 398 g/mol. The van der Waals surface area contributed by atoms with Crippen molar-refractivity contribution in [3.8, 4) is 0 Å². The Hall–Kier alpha value is -2.48. The van der Waals surface area contributed by atoms with Crippen LogP contribution in [0.15, 0.2) is 30.3 Å². The van der Waals surface area contributed by atoms with Gasteiger partial charge in [-0.15, -0.1) is 5.10 Å². The third kappa shape index (κ3) is 5.36. The minimum absolute atomic E-state index is 0.175. The smallest absolute Gasteiger partial charge is 0.322 e. The average Bonchev–Trinajstić information content (AvgIpc) is 3.24. The van der Waals surface area contributed by atoms with Gasteiger partial charge in [-0.25, -0.2) is 4.79 Å². The fourth-order valence-corrected chi connectivity index (χ4v) is 4.94. The van der Waals surface area contributed by atoms with Gasteiger partial charge in [0, 0.05) is 30.7 Å². The minimum Gasteiger partial charge on any atom is -0.348 e. The number of carbonyl (C=O) groups is 2. The van der Waals surface area contributed by atoms with Crippen molar-refractivity contribution in [3.63, 3.8) is 0 Å². The molecule has 3 amide bonds. The summed E-state index contributed by atoms with van der Waals surface area (Å²) in [7, 11) is 0. The zero-order valence-corrected chi connectivity index (χ0v) is 18.0. The summed E-state index contributed by atoms with van der Waals surface area (Å²) in [6.07, 6.45) is 8.55. The van der Waals surface area contributed by atoms with Crippen LogP contribution < -0.4 is 10.6 Å². The lowest BCUT2D eigenvalue weighted by Crippen LogP contribution is -2.41. The molecule has 2 fully saturated rings. The molecule has 0 bridgehead atoms. The molecule has 1 aliphatic carbocycles. The van der Waals surface area contributed by atoms with Crippen molar-refractivity contribution in [2.24, 2.45) is 5.92 Å². The van der Waals surface area contributed by atoms with E-state index in [1.807, 2.05) is 11.0 Å². The van der Waals surface area contributed by atoms with Crippen molar-refractivity contribution in [1.29, 1.82) is 0 Å². The number of benzene rings is 1. The van der Waals surface area contributed by atoms with Crippen molar-refractivity contribution in [2.45, 2.75) is 57.4 Å². The molecular formula is C22H29N5O2S. The van der Waals surface area contributed by atoms with Gasteiger partial charge in [0.1, 0.15) is 0 Å². The van der Waals surface area contributed by atoms with Gasteiger partial charge in [0.25, 0.3) is 5.91 Å². The SMILES string of the molecule is O=C(NC1CCCCC1)c1nnsc1NC(=O)N1CCC(Cc2ccccc2)CC1. The number of carbonyl (C=O) groups excluding carboxylic acids is 2. The number of anilines is 1. The highest BCUT2D eigenvalue weighted by Gasteiger charge is 2.26. The maximum absolute atomic E-state index is 12.7. The van der Waals surface area contributed by atoms with Gasteiger partial charge in [-0.05, 0) is 43.6 Å². The molecule has 2 N–H and O–H groups in total. The molecule has 2 heterocycles. The average molecular weight is 428 g/mol. The Kier molecular flexibility index (Phi) is 6.94. The molecule has 2 aromatic rings. The van der Waals surface area contributed by atoms with E-state index in [1.54, 1.807) is 0 Å². The van der Waals surface area contributed by atoms with E-state index >= 15 is 0 Å². The molecule has 0 atom stereocenters. The van der Waals surface area contributed by atoms with Crippen LogP contribution in [0.3, 0.4) is 0 Å². The van der Waals surface area contributed by atoms with E-state index in [0.717, 1.165) is 69.6 Å². The second-order valence-electron chi connectivity index (χ2n) is 8.31. The van der Waals surface area contributed by atoms with Crippen LogP contribution in [0.2, 0.25) is 0 Å². The fourth-order valence-electron chi connectivity index (χ4n) is 4.39. The quantitative estimate of drug-likeness (QED) is 0.752. The van der Waals surface area contributed by atoms with Crippen molar-refractivity contribution >= 4 is 28.5 Å². The summed E-state index contributed by atoms with van der Waals surface area (Å²) in [5, 5.41) is 10.3. The Balaban J connectivity index is 1.27. The van der Waals surface area contributed by atoms with Crippen molar-refractivity contribution in [3.05, 3.63) is 41.6 Å². The van der Waals surface area contributed by atoms with Crippen LogP contribution in [0.5, 0.6) is 0 Å². The maximum Gasteiger partial charge on any atom is 0.322 e. The number of hydrogen-bond acceptors (Lipinski definition) is 5. The number of nitrogens with zero attached hydrogens (tertiary/aromatic N) is 3. The first-order valence-electron chi connectivity index (χ1n) is 10.9. The fraction of sp³-hybridized carbons (Fsp3) is 0.545. The number of piperidine rings is 1. The molecule has 1 saturated carbocycles. The van der Waals surface area contributed by atoms with Crippen LogP contribution in [0.1, 0.15) is 61.0 Å². The van der Waals surface area contributed by atoms with Crippen molar-refractivity contribution in [2.75, 3.05) is 18.4 Å². The number of rotatable bonds is 5. The Morgan fingerprint density at radius 2 is 1.77 bits per heavy atom. The third-order valence-corrected chi connectivity index (χ3v) is 6.77. The molecule has 8 heteroatoms. The lowest BCUT2D eigenvalue weighted by molar-refractivity contribution is 0.0923. The van der Waals surface area contributed by atoms with Crippen molar-refractivity contribution in [1.82, 2.24) is 19.8 Å². The largest absolute Gasteiger partial charge is 0.348 e. The molecule has 30 heavy (non-hydrogen) atoms. The number of hydrogen-bond donors (Lipinski definition) is 2. The van der Waals surface area contributed by atoms with Crippen LogP contribution in [0.25, 0.3) is 0 Å². The Morgan fingerprint density at radius 3 is 2.50 bits per heavy atom. The molecule has 1 aliphatic heterocycles. The highest BCUT2D eigenvalue weighted by atomic mass is 32.1. The van der Waals surface area contributed by atoms with E-state index in [-0.39, 0.29) is 23.7 Å². The summed E-state index contributed by atoms with van der Waals surface area (Å²) in [6.45, 7) is 1.44. The summed E-state index contributed by atoms with van der Waals surface area (Å²) in [6, 6.07) is 10.5. The van der Waals surface area contributed by atoms with Gasteiger partial charge in [-0.3, -0.25) is 10.1 Å². The molecule has 0 radical (unpaired) electrons. The summed E-state index contributed by atoms with van der Waals surface area (Å²) in [5.74, 6) is 0.353. The standard InChI is InChI=1S/C22H29N5O2S/c28-20(23-18-9-5-2-6-10-18)19-21(30-26-25-19)24-22(29)27-13-11-17(12-14-27)15-16-7-3-1-4-8-16/h1,3-4,7-8,17-18H,2,5-6,9-15H2,(H,23,28)(H,24,29). The molecule has 2 aliphatic rings. The van der Waals surface area contributed by atoms with Gasteiger partial charge >= 0.3 is 6.03 Å². The summed E-state index contributed by atoms with van der Waals surface area (Å²) >= 11 is 1.05. The van der Waals surface area contributed by atoms with Crippen molar-refractivity contribution < 1.29 is 9.59 Å². The highest BCUT2D eigenvalue weighted by molar-refractivity contribution is 7.10. The van der Waals surface area contributed by atoms with Crippen LogP contribution >= 0.6 is 11.5 Å². The first-order valence-corrected chi connectivity index (χ1v) is 11.7. The predicted molar refractivity (Wildman–Crippen MR) is 118 cm³/mol. The molecule has 160 valence electrons. The Labute approximate surface area is 181 Å². The van der Waals surface area contributed by atoms with E-state index in [0.29, 0.717) is 10.9 Å². The van der Waals surface area contributed by atoms with Gasteiger partial charge in [0.15, 0.2) is 10.7 Å². The summed E-state index contributed by atoms with van der Waals surface area (Å²) in [4.78, 5) is 27.2. The number of nitrogens with one attached hydrogen (secondary N) is 2. The van der Waals surface area contributed by atoms with Crippen LogP contribution in [0, 0.1) is 5.92 Å². The Morgan fingerprint density at radius 1 is 1.03 bits per heavy atom. The number of aromatic nitrogens is 2. The second kappa shape index (κ2) is 10.0. The first-order chi connectivity index (χ1) is 14.7. The maximum atomic E-state index is 12.7. The molecule has 4 rings (SSSR count). The van der Waals surface area contributed by atoms with Gasteiger partial charge in [-0.1, -0.05) is 54.1 Å². The van der Waals surface area contributed by atoms with Gasteiger partial charge in [0.2, 0.25) is 0 Å². The highest BCUT2D eigenvalue weighted by Crippen LogP contribution is 2.24. The molecule has 1 aromatic heterocycles. The van der Waals surface area contributed by atoms with Gasteiger partial charge in [-0.2, -0.15) is 0 Å². The van der Waals surface area contributed by atoms with E-state index in [9.17, 15) is 9.59 Å². The van der Waals surface area contributed by atoms with E-state index in [1.165, 1.54) is 12.0 Å². The lowest BCUT2D eigenvalue weighted by Gasteiger charge is -2.32. The zero-order valence-electron chi connectivity index (χ0n) is 17.2. The molecule has 7 nitrogen and oxygen atoms in total. The topological polar surface area (TPSA) is 87.2 Å². The summed E-state index contributed by atoms with van der Waals surface area (Å²) < 4.78 is 3.89. The van der Waals surface area contributed by atoms with Crippen LogP contribution in [-0.4, -0.2) is 45.6 Å². The van der Waals surface area contributed by atoms with Crippen LogP contribution in [0.4, 0.5) is 9.80 Å². The molecule has 0 spiro atoms. The predicted octanol–water partition coefficient (Wildman–Crippen LogP) is 4.09. The number of urea groups is 1. The number of amides is 3.